The summed E-state index contributed by atoms with van der Waals surface area (Å²) in [5, 5.41) is 5.27. The minimum atomic E-state index is -4.52. The van der Waals surface area contributed by atoms with Crippen LogP contribution in [-0.2, 0) is 12.7 Å². The van der Waals surface area contributed by atoms with E-state index in [0.717, 1.165) is 6.07 Å². The number of anilines is 2. The minimum absolute atomic E-state index is 0.0564. The average molecular weight is 474 g/mol. The smallest absolute Gasteiger partial charge is 0.366 e. The molecule has 2 heterocycles. The molecule has 2 aromatic heterocycles. The predicted molar refractivity (Wildman–Crippen MR) is 119 cm³/mol. The van der Waals surface area contributed by atoms with Crippen molar-refractivity contribution in [1.82, 2.24) is 9.55 Å². The Kier molecular flexibility index (Phi) is 5.94. The van der Waals surface area contributed by atoms with Gasteiger partial charge in [0.2, 0.25) is 0 Å². The van der Waals surface area contributed by atoms with Gasteiger partial charge in [-0.15, -0.1) is 11.3 Å². The van der Waals surface area contributed by atoms with Crippen molar-refractivity contribution in [1.29, 1.82) is 0 Å². The van der Waals surface area contributed by atoms with Crippen LogP contribution in [0.25, 0.3) is 11.4 Å². The highest BCUT2D eigenvalue weighted by atomic mass is 32.1. The second-order valence-electron chi connectivity index (χ2n) is 7.30. The highest BCUT2D eigenvalue weighted by molar-refractivity contribution is 7.14. The Balaban J connectivity index is 1.73. The number of aromatic nitrogens is 2. The summed E-state index contributed by atoms with van der Waals surface area (Å²) in [4.78, 5) is 16.4. The summed E-state index contributed by atoms with van der Waals surface area (Å²) in [7, 11) is 0. The van der Waals surface area contributed by atoms with Gasteiger partial charge in [-0.2, -0.15) is 13.2 Å². The van der Waals surface area contributed by atoms with E-state index in [0.29, 0.717) is 27.9 Å². The maximum absolute atomic E-state index is 13.5. The number of primary amides is 1. The number of hydrogen-bond donors (Lipinski definition) is 2. The lowest BCUT2D eigenvalue weighted by Crippen LogP contribution is -2.15. The van der Waals surface area contributed by atoms with Gasteiger partial charge in [0, 0.05) is 23.3 Å². The van der Waals surface area contributed by atoms with E-state index in [-0.39, 0.29) is 23.5 Å². The second-order valence-corrected chi connectivity index (χ2v) is 8.16. The van der Waals surface area contributed by atoms with Crippen molar-refractivity contribution in [2.24, 2.45) is 5.73 Å². The van der Waals surface area contributed by atoms with E-state index >= 15 is 0 Å². The number of nitrogens with one attached hydrogen (secondary N) is 1. The van der Waals surface area contributed by atoms with Crippen LogP contribution in [0.2, 0.25) is 0 Å². The third-order valence-corrected chi connectivity index (χ3v) is 5.90. The van der Waals surface area contributed by atoms with Crippen LogP contribution in [0.1, 0.15) is 27.2 Å². The fraction of sp³-hybridized carbons (Fsp3) is 0.130. The van der Waals surface area contributed by atoms with Crippen molar-refractivity contribution in [3.63, 3.8) is 0 Å². The number of carbonyl (C=O) groups is 1. The molecule has 10 heteroatoms. The number of halogens is 4. The number of benzene rings is 2. The van der Waals surface area contributed by atoms with Gasteiger partial charge >= 0.3 is 6.18 Å². The van der Waals surface area contributed by atoms with Gasteiger partial charge in [0.05, 0.1) is 22.5 Å². The summed E-state index contributed by atoms with van der Waals surface area (Å²) in [5.74, 6) is -1.05. The Morgan fingerprint density at radius 3 is 2.52 bits per heavy atom. The fourth-order valence-electron chi connectivity index (χ4n) is 3.52. The molecular weight excluding hydrogens is 456 g/mol. The molecule has 170 valence electrons. The van der Waals surface area contributed by atoms with Crippen molar-refractivity contribution in [3.05, 3.63) is 88.2 Å². The molecular formula is C23H18F4N4OS. The van der Waals surface area contributed by atoms with Crippen LogP contribution in [0.5, 0.6) is 0 Å². The molecule has 0 aliphatic heterocycles. The van der Waals surface area contributed by atoms with E-state index in [1.54, 1.807) is 29.0 Å². The number of nitrogens with zero attached hydrogens (tertiary/aromatic N) is 2. The first-order chi connectivity index (χ1) is 15.6. The van der Waals surface area contributed by atoms with Gasteiger partial charge in [0.1, 0.15) is 5.82 Å². The molecule has 0 atom stereocenters. The number of alkyl halides is 3. The van der Waals surface area contributed by atoms with E-state index in [1.165, 1.54) is 47.7 Å². The van der Waals surface area contributed by atoms with Crippen molar-refractivity contribution in [2.75, 3.05) is 5.32 Å². The van der Waals surface area contributed by atoms with Gasteiger partial charge in [-0.1, -0.05) is 18.2 Å². The van der Waals surface area contributed by atoms with Crippen molar-refractivity contribution < 1.29 is 22.4 Å². The van der Waals surface area contributed by atoms with E-state index in [4.69, 9.17) is 5.73 Å². The molecule has 0 spiro atoms. The normalized spacial score (nSPS) is 11.5. The Morgan fingerprint density at radius 1 is 1.15 bits per heavy atom. The summed E-state index contributed by atoms with van der Waals surface area (Å²) in [6.07, 6.45) is -4.52. The first kappa shape index (κ1) is 22.5. The van der Waals surface area contributed by atoms with E-state index in [2.05, 4.69) is 10.3 Å². The van der Waals surface area contributed by atoms with Gasteiger partial charge < -0.3 is 15.6 Å². The molecule has 0 saturated heterocycles. The number of hydrogen-bond acceptors (Lipinski definition) is 4. The third kappa shape index (κ3) is 4.75. The fourth-order valence-corrected chi connectivity index (χ4v) is 4.25. The maximum atomic E-state index is 13.5. The Hall–Kier alpha value is -3.66. The molecule has 0 bridgehead atoms. The zero-order valence-corrected chi connectivity index (χ0v) is 18.1. The van der Waals surface area contributed by atoms with Crippen molar-refractivity contribution >= 4 is 28.1 Å². The van der Waals surface area contributed by atoms with Gasteiger partial charge in [0.15, 0.2) is 5.13 Å². The molecule has 1 amide bonds. The average Bonchev–Trinajstić information content (AvgIpc) is 3.34. The zero-order valence-electron chi connectivity index (χ0n) is 17.3. The van der Waals surface area contributed by atoms with Crippen LogP contribution in [0, 0.1) is 12.7 Å². The maximum Gasteiger partial charge on any atom is 0.416 e. The van der Waals surface area contributed by atoms with Gasteiger partial charge in [-0.3, -0.25) is 4.79 Å². The highest BCUT2D eigenvalue weighted by Crippen LogP contribution is 2.35. The Bertz CT molecular complexity index is 1310. The van der Waals surface area contributed by atoms with Crippen LogP contribution in [0.15, 0.2) is 60.0 Å². The third-order valence-electron chi connectivity index (χ3n) is 5.15. The largest absolute Gasteiger partial charge is 0.416 e. The summed E-state index contributed by atoms with van der Waals surface area (Å²) >= 11 is 1.26. The number of amides is 1. The van der Waals surface area contributed by atoms with Crippen LogP contribution in [-0.4, -0.2) is 15.5 Å². The molecule has 0 aliphatic carbocycles. The number of rotatable bonds is 6. The number of nitrogens with two attached hydrogens (primary N) is 1. The molecule has 0 radical (unpaired) electrons. The van der Waals surface area contributed by atoms with Crippen molar-refractivity contribution in [2.45, 2.75) is 19.6 Å². The van der Waals surface area contributed by atoms with Crippen LogP contribution < -0.4 is 11.1 Å². The summed E-state index contributed by atoms with van der Waals surface area (Å²) in [6, 6.07) is 12.6. The molecule has 4 rings (SSSR count). The Morgan fingerprint density at radius 2 is 1.85 bits per heavy atom. The van der Waals surface area contributed by atoms with E-state index < -0.39 is 17.6 Å². The van der Waals surface area contributed by atoms with Gasteiger partial charge in [-0.25, -0.2) is 9.37 Å². The van der Waals surface area contributed by atoms with Gasteiger partial charge in [0.25, 0.3) is 5.91 Å². The summed E-state index contributed by atoms with van der Waals surface area (Å²) in [5.41, 5.74) is 6.99. The lowest BCUT2D eigenvalue weighted by Gasteiger charge is -2.16. The minimum Gasteiger partial charge on any atom is -0.366 e. The molecule has 3 N–H and O–H groups in total. The standard InChI is InChI=1S/C23H18F4N4OS/c1-13-17(21(28)32)10-20(31(13)11-14-4-2-3-5-18(14)23(25,26)27)19-12-33-22(30-19)29-16-8-6-15(24)7-9-16/h2-10,12H,11H2,1H3,(H2,28,32)(H,29,30). The van der Waals surface area contributed by atoms with E-state index in [1.807, 2.05) is 0 Å². The van der Waals surface area contributed by atoms with Crippen LogP contribution >= 0.6 is 11.3 Å². The molecule has 5 nitrogen and oxygen atoms in total. The molecule has 2 aromatic carbocycles. The lowest BCUT2D eigenvalue weighted by molar-refractivity contribution is -0.138. The molecule has 0 unspecified atom stereocenters. The second kappa shape index (κ2) is 8.70. The van der Waals surface area contributed by atoms with Crippen LogP contribution in [0.4, 0.5) is 28.4 Å². The summed E-state index contributed by atoms with van der Waals surface area (Å²) in [6.45, 7) is 1.51. The molecule has 4 aromatic rings. The quantitative estimate of drug-likeness (QED) is 0.338. The monoisotopic (exact) mass is 474 g/mol. The first-order valence-electron chi connectivity index (χ1n) is 9.77. The highest BCUT2D eigenvalue weighted by Gasteiger charge is 2.33. The Labute approximate surface area is 190 Å². The molecule has 33 heavy (non-hydrogen) atoms. The first-order valence-corrected chi connectivity index (χ1v) is 10.6. The number of thiazole rings is 1. The van der Waals surface area contributed by atoms with Gasteiger partial charge in [-0.05, 0) is 48.9 Å². The topological polar surface area (TPSA) is 72.9 Å². The van der Waals surface area contributed by atoms with Crippen molar-refractivity contribution in [3.8, 4) is 11.4 Å². The molecule has 0 saturated carbocycles. The van der Waals surface area contributed by atoms with E-state index in [9.17, 15) is 22.4 Å². The summed E-state index contributed by atoms with van der Waals surface area (Å²) < 4.78 is 55.3. The van der Waals surface area contributed by atoms with Crippen LogP contribution in [0.3, 0.4) is 0 Å². The molecule has 0 aliphatic rings. The molecule has 0 fully saturated rings. The number of carbonyl (C=O) groups excluding carboxylic acids is 1. The predicted octanol–water partition coefficient (Wildman–Crippen LogP) is 5.97. The zero-order chi connectivity index (χ0) is 23.8. The lowest BCUT2D eigenvalue weighted by atomic mass is 10.1. The SMILES string of the molecule is Cc1c(C(N)=O)cc(-c2csc(Nc3ccc(F)cc3)n2)n1Cc1ccccc1C(F)(F)F.